The van der Waals surface area contributed by atoms with Gasteiger partial charge in [-0.2, -0.15) is 0 Å². The molecule has 0 saturated carbocycles. The van der Waals surface area contributed by atoms with E-state index in [-0.39, 0.29) is 12.1 Å². The van der Waals surface area contributed by atoms with E-state index in [4.69, 9.17) is 9.47 Å². The normalized spacial score (nSPS) is 15.6. The van der Waals surface area contributed by atoms with Crippen LogP contribution in [0.4, 0.5) is 4.79 Å². The molecule has 0 aliphatic carbocycles. The second-order valence-corrected chi connectivity index (χ2v) is 8.50. The van der Waals surface area contributed by atoms with Crippen LogP contribution >= 0.6 is 0 Å². The zero-order valence-corrected chi connectivity index (χ0v) is 18.6. The van der Waals surface area contributed by atoms with Crippen LogP contribution in [0.5, 0.6) is 5.75 Å². The molecular formula is C28H28N2O3. The van der Waals surface area contributed by atoms with Crippen LogP contribution in [0.3, 0.4) is 0 Å². The van der Waals surface area contributed by atoms with Crippen molar-refractivity contribution in [2.24, 2.45) is 0 Å². The first kappa shape index (κ1) is 21.1. The van der Waals surface area contributed by atoms with Crippen LogP contribution in [0.15, 0.2) is 85.1 Å². The lowest BCUT2D eigenvalue weighted by Gasteiger charge is -2.24. The molecule has 0 unspecified atom stereocenters. The lowest BCUT2D eigenvalue weighted by Crippen LogP contribution is -2.37. The number of hydrogen-bond donors (Lipinski definition) is 1. The molecule has 168 valence electrons. The average Bonchev–Trinajstić information content (AvgIpc) is 3.50. The maximum atomic E-state index is 12.8. The van der Waals surface area contributed by atoms with E-state index in [1.165, 1.54) is 5.56 Å². The number of benzene rings is 3. The number of nitrogens with one attached hydrogen (secondary N) is 1. The average molecular weight is 441 g/mol. The first-order valence-corrected chi connectivity index (χ1v) is 11.5. The SMILES string of the molecule is O=C(OCc1ccccc1)N1CCC[C@@H]1Cc1c[nH]c2cccc(OCc3ccccc3)c12. The second kappa shape index (κ2) is 9.82. The van der Waals surface area contributed by atoms with Crippen LogP contribution in [-0.4, -0.2) is 28.6 Å². The number of aromatic nitrogens is 1. The summed E-state index contributed by atoms with van der Waals surface area (Å²) in [5.41, 5.74) is 4.35. The van der Waals surface area contributed by atoms with Gasteiger partial charge in [0, 0.05) is 29.7 Å². The van der Waals surface area contributed by atoms with Crippen molar-refractivity contribution in [3.8, 4) is 5.75 Å². The molecule has 5 heteroatoms. The number of H-pyrrole nitrogens is 1. The number of ether oxygens (including phenoxy) is 2. The highest BCUT2D eigenvalue weighted by molar-refractivity contribution is 5.89. The molecule has 5 rings (SSSR count). The molecule has 3 aromatic carbocycles. The first-order valence-electron chi connectivity index (χ1n) is 11.5. The van der Waals surface area contributed by atoms with E-state index in [0.29, 0.717) is 13.2 Å². The molecule has 4 aromatic rings. The third kappa shape index (κ3) is 4.87. The Bertz CT molecular complexity index is 1200. The van der Waals surface area contributed by atoms with Crippen LogP contribution in [0, 0.1) is 0 Å². The fourth-order valence-corrected chi connectivity index (χ4v) is 4.58. The van der Waals surface area contributed by atoms with E-state index < -0.39 is 0 Å². The highest BCUT2D eigenvalue weighted by atomic mass is 16.6. The molecule has 1 aliphatic rings. The van der Waals surface area contributed by atoms with Gasteiger partial charge in [-0.3, -0.25) is 0 Å². The van der Waals surface area contributed by atoms with Crippen molar-refractivity contribution < 1.29 is 14.3 Å². The minimum absolute atomic E-state index is 0.120. The predicted octanol–water partition coefficient (Wildman–Crippen LogP) is 6.09. The van der Waals surface area contributed by atoms with Gasteiger partial charge in [0.25, 0.3) is 0 Å². The van der Waals surface area contributed by atoms with Gasteiger partial charge in [-0.15, -0.1) is 0 Å². The Balaban J connectivity index is 1.29. The van der Waals surface area contributed by atoms with Crippen molar-refractivity contribution in [2.45, 2.75) is 38.5 Å². The quantitative estimate of drug-likeness (QED) is 0.378. The van der Waals surface area contributed by atoms with Gasteiger partial charge in [0.05, 0.1) is 0 Å². The molecule has 1 N–H and O–H groups in total. The van der Waals surface area contributed by atoms with Crippen LogP contribution < -0.4 is 4.74 Å². The Morgan fingerprint density at radius 3 is 2.39 bits per heavy atom. The fraction of sp³-hybridized carbons (Fsp3) is 0.250. The number of fused-ring (bicyclic) bond motifs is 1. The monoisotopic (exact) mass is 440 g/mol. The molecule has 1 atom stereocenters. The molecule has 1 amide bonds. The van der Waals surface area contributed by atoms with Crippen molar-refractivity contribution in [3.05, 3.63) is 102 Å². The van der Waals surface area contributed by atoms with Crippen molar-refractivity contribution in [1.29, 1.82) is 0 Å². The first-order chi connectivity index (χ1) is 16.3. The minimum atomic E-state index is -0.234. The summed E-state index contributed by atoms with van der Waals surface area (Å²) >= 11 is 0. The van der Waals surface area contributed by atoms with Crippen LogP contribution in [0.1, 0.15) is 29.5 Å². The molecule has 1 aromatic heterocycles. The number of hydrogen-bond acceptors (Lipinski definition) is 3. The molecule has 33 heavy (non-hydrogen) atoms. The molecule has 1 fully saturated rings. The number of carbonyl (C=O) groups is 1. The van der Waals surface area contributed by atoms with Crippen LogP contribution in [0.2, 0.25) is 0 Å². The molecule has 2 heterocycles. The van der Waals surface area contributed by atoms with Gasteiger partial charge in [-0.05, 0) is 48.1 Å². The van der Waals surface area contributed by atoms with Crippen LogP contribution in [0.25, 0.3) is 10.9 Å². The predicted molar refractivity (Wildman–Crippen MR) is 129 cm³/mol. The maximum absolute atomic E-state index is 12.8. The standard InChI is InChI=1S/C28H28N2O3/c31-28(33-20-22-11-5-2-6-12-22)30-16-8-13-24(30)17-23-18-29-25-14-7-15-26(27(23)25)32-19-21-9-3-1-4-10-21/h1-7,9-12,14-15,18,24,29H,8,13,16-17,19-20H2/t24-/m1/s1. The Labute approximate surface area is 193 Å². The number of nitrogens with zero attached hydrogens (tertiary/aromatic N) is 1. The summed E-state index contributed by atoms with van der Waals surface area (Å²) in [5, 5.41) is 1.10. The Kier molecular flexibility index (Phi) is 6.29. The Morgan fingerprint density at radius 2 is 1.64 bits per heavy atom. The van der Waals surface area contributed by atoms with Crippen molar-refractivity contribution in [3.63, 3.8) is 0 Å². The highest BCUT2D eigenvalue weighted by Crippen LogP contribution is 2.32. The molecule has 0 radical (unpaired) electrons. The van der Waals surface area contributed by atoms with Crippen molar-refractivity contribution in [2.75, 3.05) is 6.54 Å². The van der Waals surface area contributed by atoms with Gasteiger partial charge in [0.2, 0.25) is 0 Å². The fourth-order valence-electron chi connectivity index (χ4n) is 4.58. The van der Waals surface area contributed by atoms with Gasteiger partial charge in [0.15, 0.2) is 0 Å². The lowest BCUT2D eigenvalue weighted by molar-refractivity contribution is 0.0921. The van der Waals surface area contributed by atoms with E-state index in [9.17, 15) is 4.79 Å². The molecule has 0 spiro atoms. The number of aromatic amines is 1. The number of rotatable bonds is 7. The summed E-state index contributed by atoms with van der Waals surface area (Å²) in [6.07, 6.45) is 4.55. The number of carbonyl (C=O) groups excluding carboxylic acids is 1. The van der Waals surface area contributed by atoms with Gasteiger partial charge in [-0.25, -0.2) is 4.79 Å². The number of likely N-dealkylation sites (tertiary alicyclic amines) is 1. The Morgan fingerprint density at radius 1 is 0.909 bits per heavy atom. The molecule has 5 nitrogen and oxygen atoms in total. The van der Waals surface area contributed by atoms with Gasteiger partial charge in [0.1, 0.15) is 19.0 Å². The highest BCUT2D eigenvalue weighted by Gasteiger charge is 2.31. The van der Waals surface area contributed by atoms with E-state index >= 15 is 0 Å². The molecular weight excluding hydrogens is 412 g/mol. The lowest BCUT2D eigenvalue weighted by atomic mass is 10.0. The van der Waals surface area contributed by atoms with Gasteiger partial charge in [-0.1, -0.05) is 66.7 Å². The van der Waals surface area contributed by atoms with E-state index in [1.54, 1.807) is 0 Å². The zero-order chi connectivity index (χ0) is 22.5. The topological polar surface area (TPSA) is 54.6 Å². The second-order valence-electron chi connectivity index (χ2n) is 8.50. The molecule has 0 bridgehead atoms. The van der Waals surface area contributed by atoms with Gasteiger partial charge < -0.3 is 19.4 Å². The van der Waals surface area contributed by atoms with Crippen LogP contribution in [-0.2, 0) is 24.4 Å². The third-order valence-electron chi connectivity index (χ3n) is 6.26. The summed E-state index contributed by atoms with van der Waals surface area (Å²) in [7, 11) is 0. The molecule has 1 aliphatic heterocycles. The minimum Gasteiger partial charge on any atom is -0.488 e. The summed E-state index contributed by atoms with van der Waals surface area (Å²) < 4.78 is 11.8. The summed E-state index contributed by atoms with van der Waals surface area (Å²) in [4.78, 5) is 18.1. The maximum Gasteiger partial charge on any atom is 0.410 e. The van der Waals surface area contributed by atoms with E-state index in [0.717, 1.165) is 53.6 Å². The van der Waals surface area contributed by atoms with Crippen molar-refractivity contribution >= 4 is 17.0 Å². The van der Waals surface area contributed by atoms with E-state index in [2.05, 4.69) is 23.2 Å². The number of amides is 1. The Hall–Kier alpha value is -3.73. The summed E-state index contributed by atoms with van der Waals surface area (Å²) in [6, 6.07) is 26.2. The summed E-state index contributed by atoms with van der Waals surface area (Å²) in [6.45, 7) is 1.55. The smallest absolute Gasteiger partial charge is 0.410 e. The summed E-state index contributed by atoms with van der Waals surface area (Å²) in [5.74, 6) is 0.865. The van der Waals surface area contributed by atoms with Crippen molar-refractivity contribution in [1.82, 2.24) is 9.88 Å². The van der Waals surface area contributed by atoms with Gasteiger partial charge >= 0.3 is 6.09 Å². The third-order valence-corrected chi connectivity index (χ3v) is 6.26. The van der Waals surface area contributed by atoms with E-state index in [1.807, 2.05) is 71.8 Å². The molecule has 1 saturated heterocycles. The zero-order valence-electron chi connectivity index (χ0n) is 18.6. The largest absolute Gasteiger partial charge is 0.488 e.